The second-order valence-corrected chi connectivity index (χ2v) is 5.85. The summed E-state index contributed by atoms with van der Waals surface area (Å²) in [5, 5.41) is 11.3. The summed E-state index contributed by atoms with van der Waals surface area (Å²) >= 11 is 5.79. The first-order valence-electron chi connectivity index (χ1n) is 6.33. The van der Waals surface area contributed by atoms with Crippen LogP contribution in [-0.4, -0.2) is 9.82 Å². The molecule has 0 aliphatic heterocycles. The maximum atomic E-state index is 11.3. The van der Waals surface area contributed by atoms with Gasteiger partial charge in [0, 0.05) is 22.7 Å². The summed E-state index contributed by atoms with van der Waals surface area (Å²) in [6, 6.07) is 9.07. The Morgan fingerprint density at radius 3 is 2.45 bits per heavy atom. The molecule has 1 N–H and O–H groups in total. The van der Waals surface area contributed by atoms with Crippen molar-refractivity contribution in [3.8, 4) is 11.5 Å². The van der Waals surface area contributed by atoms with Gasteiger partial charge in [0.1, 0.15) is 11.5 Å². The summed E-state index contributed by atoms with van der Waals surface area (Å²) < 4.78 is 17.0. The lowest BCUT2D eigenvalue weighted by Gasteiger charge is -2.10. The summed E-state index contributed by atoms with van der Waals surface area (Å²) in [5.74, 6) is 0.787. The third kappa shape index (κ3) is 3.60. The molecule has 22 heavy (non-hydrogen) atoms. The number of hydrogen-bond donors (Lipinski definition) is 1. The number of halogens is 1. The molecule has 0 bridgehead atoms. The fraction of sp³-hybridized carbons (Fsp3) is 0.143. The van der Waals surface area contributed by atoms with Gasteiger partial charge in [-0.15, -0.1) is 0 Å². The van der Waals surface area contributed by atoms with Crippen LogP contribution in [0.2, 0.25) is 5.02 Å². The molecule has 0 heterocycles. The van der Waals surface area contributed by atoms with Crippen molar-refractivity contribution < 1.29 is 19.1 Å². The fourth-order valence-corrected chi connectivity index (χ4v) is 2.60. The van der Waals surface area contributed by atoms with Crippen molar-refractivity contribution in [2.75, 3.05) is 0 Å². The molecule has 1 unspecified atom stereocenters. The van der Waals surface area contributed by atoms with Crippen molar-refractivity contribution in [1.29, 1.82) is 0 Å². The molecule has 2 rings (SSSR count). The Morgan fingerprint density at radius 1 is 1.32 bits per heavy atom. The predicted octanol–water partition coefficient (Wildman–Crippen LogP) is 3.96. The van der Waals surface area contributed by atoms with Crippen molar-refractivity contribution in [2.24, 2.45) is 0 Å². The van der Waals surface area contributed by atoms with E-state index in [9.17, 15) is 19.6 Å². The molecular weight excluding hydrogens is 329 g/mol. The van der Waals surface area contributed by atoms with Gasteiger partial charge in [0.2, 0.25) is 0 Å². The average molecular weight is 341 g/mol. The summed E-state index contributed by atoms with van der Waals surface area (Å²) in [7, 11) is -2.85. The van der Waals surface area contributed by atoms with Crippen LogP contribution in [0.3, 0.4) is 0 Å². The van der Waals surface area contributed by atoms with E-state index in [0.29, 0.717) is 28.5 Å². The van der Waals surface area contributed by atoms with Crippen molar-refractivity contribution in [3.05, 3.63) is 57.1 Å². The molecule has 8 heteroatoms. The standard InChI is InChI=1S/C14H11ClNO5P/c1-2-9-7-12(16(17)18)14(22(19)20)8-13(9)21-11-5-3-10(15)4-6-11/h3-8H,2H2,1H3/p+1. The molecule has 114 valence electrons. The third-order valence-corrected chi connectivity index (χ3v) is 4.01. The molecule has 0 aliphatic carbocycles. The normalized spacial score (nSPS) is 11.1. The minimum atomic E-state index is -2.85. The van der Waals surface area contributed by atoms with E-state index < -0.39 is 13.0 Å². The Morgan fingerprint density at radius 2 is 1.95 bits per heavy atom. The molecule has 2 aromatic rings. The molecule has 0 radical (unpaired) electrons. The van der Waals surface area contributed by atoms with Gasteiger partial charge in [-0.1, -0.05) is 18.5 Å². The number of nitrogens with zero attached hydrogens (tertiary/aromatic N) is 1. The molecule has 0 amide bonds. The Balaban J connectivity index is 2.50. The molecule has 0 spiro atoms. The van der Waals surface area contributed by atoms with E-state index in [0.717, 1.165) is 0 Å². The summed E-state index contributed by atoms with van der Waals surface area (Å²) in [5.41, 5.74) is 0.186. The van der Waals surface area contributed by atoms with Gasteiger partial charge in [-0.25, -0.2) is 0 Å². The summed E-state index contributed by atoms with van der Waals surface area (Å²) in [6.45, 7) is 1.81. The van der Waals surface area contributed by atoms with Crippen LogP contribution >= 0.6 is 19.6 Å². The minimum Gasteiger partial charge on any atom is -0.457 e. The van der Waals surface area contributed by atoms with E-state index in [1.165, 1.54) is 12.1 Å². The van der Waals surface area contributed by atoms with Gasteiger partial charge in [0.25, 0.3) is 0 Å². The number of hydrogen-bond acceptors (Lipinski definition) is 4. The van der Waals surface area contributed by atoms with Gasteiger partial charge in [-0.2, -0.15) is 4.89 Å². The lowest BCUT2D eigenvalue weighted by Crippen LogP contribution is -2.08. The molecular formula is C14H12ClNO5P+. The lowest BCUT2D eigenvalue weighted by atomic mass is 10.1. The van der Waals surface area contributed by atoms with Crippen LogP contribution < -0.4 is 10.0 Å². The number of ether oxygens (including phenoxy) is 1. The molecule has 0 aromatic heterocycles. The summed E-state index contributed by atoms with van der Waals surface area (Å²) in [4.78, 5) is 19.6. The van der Waals surface area contributed by atoms with E-state index in [1.807, 2.05) is 6.92 Å². The highest BCUT2D eigenvalue weighted by molar-refractivity contribution is 7.47. The van der Waals surface area contributed by atoms with Crippen molar-refractivity contribution in [1.82, 2.24) is 0 Å². The Bertz CT molecular complexity index is 733. The molecule has 6 nitrogen and oxygen atoms in total. The van der Waals surface area contributed by atoms with Crippen LogP contribution in [0.5, 0.6) is 11.5 Å². The molecule has 1 atom stereocenters. The van der Waals surface area contributed by atoms with Gasteiger partial charge in [0.15, 0.2) is 0 Å². The second kappa shape index (κ2) is 6.83. The van der Waals surface area contributed by atoms with E-state index >= 15 is 0 Å². The van der Waals surface area contributed by atoms with Crippen molar-refractivity contribution in [3.63, 3.8) is 0 Å². The highest BCUT2D eigenvalue weighted by atomic mass is 35.5. The van der Waals surface area contributed by atoms with E-state index in [2.05, 4.69) is 0 Å². The maximum Gasteiger partial charge on any atom is 0.553 e. The Hall–Kier alpha value is -2.01. The van der Waals surface area contributed by atoms with E-state index in [4.69, 9.17) is 16.3 Å². The minimum absolute atomic E-state index is 0.263. The Kier molecular flexibility index (Phi) is 5.08. The first kappa shape index (κ1) is 16.4. The fourth-order valence-electron chi connectivity index (χ4n) is 1.90. The van der Waals surface area contributed by atoms with Crippen LogP contribution in [0.1, 0.15) is 12.5 Å². The van der Waals surface area contributed by atoms with Crippen molar-refractivity contribution in [2.45, 2.75) is 13.3 Å². The van der Waals surface area contributed by atoms with Crippen LogP contribution in [0, 0.1) is 10.1 Å². The highest BCUT2D eigenvalue weighted by Crippen LogP contribution is 2.32. The predicted molar refractivity (Wildman–Crippen MR) is 83.5 cm³/mol. The third-order valence-electron chi connectivity index (χ3n) is 2.98. The first-order valence-corrected chi connectivity index (χ1v) is 7.92. The number of benzene rings is 2. The quantitative estimate of drug-likeness (QED) is 0.505. The average Bonchev–Trinajstić information content (AvgIpc) is 2.48. The van der Waals surface area contributed by atoms with Gasteiger partial charge >= 0.3 is 19.0 Å². The highest BCUT2D eigenvalue weighted by Gasteiger charge is 2.32. The lowest BCUT2D eigenvalue weighted by molar-refractivity contribution is -0.383. The topological polar surface area (TPSA) is 89.7 Å². The van der Waals surface area contributed by atoms with Gasteiger partial charge in [0.05, 0.1) is 4.92 Å². The molecule has 0 fully saturated rings. The van der Waals surface area contributed by atoms with Gasteiger partial charge < -0.3 is 4.74 Å². The van der Waals surface area contributed by atoms with Crippen LogP contribution in [0.15, 0.2) is 36.4 Å². The smallest absolute Gasteiger partial charge is 0.457 e. The van der Waals surface area contributed by atoms with Gasteiger partial charge in [-0.3, -0.25) is 10.1 Å². The first-order chi connectivity index (χ1) is 10.4. The largest absolute Gasteiger partial charge is 0.553 e. The summed E-state index contributed by atoms with van der Waals surface area (Å²) in [6.07, 6.45) is 0.478. The number of nitro benzene ring substituents is 1. The molecule has 0 saturated carbocycles. The maximum absolute atomic E-state index is 11.3. The van der Waals surface area contributed by atoms with E-state index in [1.54, 1.807) is 24.3 Å². The second-order valence-electron chi connectivity index (χ2n) is 4.39. The van der Waals surface area contributed by atoms with Crippen LogP contribution in [-0.2, 0) is 11.0 Å². The molecule has 0 aliphatic rings. The SMILES string of the molecule is CCc1cc([N+](=O)[O-])c([P+](=O)O)cc1Oc1ccc(Cl)cc1. The Labute approximate surface area is 132 Å². The number of aryl methyl sites for hydroxylation is 1. The zero-order valence-electron chi connectivity index (χ0n) is 11.5. The van der Waals surface area contributed by atoms with Crippen LogP contribution in [0.4, 0.5) is 5.69 Å². The zero-order chi connectivity index (χ0) is 16.3. The monoisotopic (exact) mass is 340 g/mol. The number of rotatable bonds is 5. The van der Waals surface area contributed by atoms with Crippen LogP contribution in [0.25, 0.3) is 0 Å². The van der Waals surface area contributed by atoms with Crippen molar-refractivity contribution >= 4 is 30.6 Å². The van der Waals surface area contributed by atoms with Gasteiger partial charge in [-0.05, 0) is 35.3 Å². The number of nitro groups is 1. The molecule has 0 saturated heterocycles. The zero-order valence-corrected chi connectivity index (χ0v) is 13.2. The molecule has 2 aromatic carbocycles. The van der Waals surface area contributed by atoms with E-state index in [-0.39, 0.29) is 11.0 Å².